The summed E-state index contributed by atoms with van der Waals surface area (Å²) < 4.78 is 26.6. The molecule has 0 aliphatic carbocycles. The number of hydrogen-bond donors (Lipinski definition) is 2. The molecule has 0 spiro atoms. The van der Waals surface area contributed by atoms with Crippen LogP contribution in [0.25, 0.3) is 0 Å². The third kappa shape index (κ3) is 4.41. The minimum absolute atomic E-state index is 0.0695. The van der Waals surface area contributed by atoms with Gasteiger partial charge in [0.15, 0.2) is 0 Å². The lowest BCUT2D eigenvalue weighted by Gasteiger charge is -2.26. The van der Waals surface area contributed by atoms with Gasteiger partial charge in [-0.25, -0.2) is 8.42 Å². The molecule has 0 atom stereocenters. The molecule has 1 aliphatic rings. The van der Waals surface area contributed by atoms with Crippen LogP contribution in [-0.2, 0) is 14.8 Å². The molecule has 152 valence electrons. The predicted octanol–water partition coefficient (Wildman–Crippen LogP) is 1.28. The Bertz CT molecular complexity index is 1100. The topological polar surface area (TPSA) is 139 Å². The number of nitro groups is 1. The lowest BCUT2D eigenvalue weighted by Crippen LogP contribution is -2.49. The molecular formula is C18H18N4O6S. The first-order valence-corrected chi connectivity index (χ1v) is 10.1. The van der Waals surface area contributed by atoms with Crippen LogP contribution in [0, 0.1) is 17.0 Å². The maximum Gasteiger partial charge on any atom is 0.273 e. The van der Waals surface area contributed by atoms with Crippen LogP contribution in [0.3, 0.4) is 0 Å². The number of anilines is 1. The van der Waals surface area contributed by atoms with Gasteiger partial charge in [0.05, 0.1) is 16.4 Å². The molecule has 1 saturated heterocycles. The molecule has 0 unspecified atom stereocenters. The highest BCUT2D eigenvalue weighted by molar-refractivity contribution is 7.89. The summed E-state index contributed by atoms with van der Waals surface area (Å²) >= 11 is 0. The maximum atomic E-state index is 12.8. The van der Waals surface area contributed by atoms with Crippen molar-refractivity contribution in [1.82, 2.24) is 9.62 Å². The average Bonchev–Trinajstić information content (AvgIpc) is 2.68. The zero-order valence-electron chi connectivity index (χ0n) is 15.4. The number of nitro benzene ring substituents is 1. The van der Waals surface area contributed by atoms with Crippen LogP contribution in [0.15, 0.2) is 47.4 Å². The van der Waals surface area contributed by atoms with Gasteiger partial charge in [0.1, 0.15) is 0 Å². The summed E-state index contributed by atoms with van der Waals surface area (Å²) in [5.74, 6) is -0.995. The van der Waals surface area contributed by atoms with Crippen molar-refractivity contribution in [1.29, 1.82) is 0 Å². The van der Waals surface area contributed by atoms with Crippen LogP contribution in [-0.4, -0.2) is 49.1 Å². The molecule has 0 radical (unpaired) electrons. The SMILES string of the molecule is Cc1ccc(C(=O)Nc2cccc(S(=O)(=O)N3CCNC(=O)C3)c2)cc1[N+](=O)[O-]. The summed E-state index contributed by atoms with van der Waals surface area (Å²) in [7, 11) is -3.91. The molecular weight excluding hydrogens is 400 g/mol. The van der Waals surface area contributed by atoms with Gasteiger partial charge in [-0.3, -0.25) is 19.7 Å². The van der Waals surface area contributed by atoms with Crippen LogP contribution in [0.1, 0.15) is 15.9 Å². The van der Waals surface area contributed by atoms with Gasteiger partial charge >= 0.3 is 0 Å². The zero-order chi connectivity index (χ0) is 21.2. The van der Waals surface area contributed by atoms with Gasteiger partial charge in [-0.15, -0.1) is 0 Å². The van der Waals surface area contributed by atoms with Gasteiger partial charge in [0.25, 0.3) is 11.6 Å². The average molecular weight is 418 g/mol. The third-order valence-corrected chi connectivity index (χ3v) is 6.24. The second kappa shape index (κ2) is 7.97. The van der Waals surface area contributed by atoms with Crippen LogP contribution < -0.4 is 10.6 Å². The van der Waals surface area contributed by atoms with Crippen LogP contribution >= 0.6 is 0 Å². The normalized spacial score (nSPS) is 14.9. The Morgan fingerprint density at radius 3 is 2.69 bits per heavy atom. The lowest BCUT2D eigenvalue weighted by atomic mass is 10.1. The Morgan fingerprint density at radius 2 is 2.00 bits per heavy atom. The molecule has 1 heterocycles. The number of carbonyl (C=O) groups is 2. The molecule has 3 rings (SSSR count). The van der Waals surface area contributed by atoms with Gasteiger partial charge in [0.2, 0.25) is 15.9 Å². The number of nitrogens with one attached hydrogen (secondary N) is 2. The lowest BCUT2D eigenvalue weighted by molar-refractivity contribution is -0.385. The van der Waals surface area contributed by atoms with Crippen molar-refractivity contribution in [2.45, 2.75) is 11.8 Å². The molecule has 2 N–H and O–H groups in total. The molecule has 0 saturated carbocycles. The van der Waals surface area contributed by atoms with Gasteiger partial charge < -0.3 is 10.6 Å². The fourth-order valence-corrected chi connectivity index (χ4v) is 4.30. The highest BCUT2D eigenvalue weighted by Gasteiger charge is 2.29. The van der Waals surface area contributed by atoms with Crippen molar-refractivity contribution in [3.8, 4) is 0 Å². The van der Waals surface area contributed by atoms with E-state index in [1.54, 1.807) is 6.92 Å². The number of carbonyl (C=O) groups excluding carboxylic acids is 2. The number of aryl methyl sites for hydroxylation is 1. The molecule has 2 aromatic rings. The predicted molar refractivity (Wildman–Crippen MR) is 104 cm³/mol. The van der Waals surface area contributed by atoms with E-state index in [-0.39, 0.29) is 47.4 Å². The molecule has 11 heteroatoms. The number of benzene rings is 2. The Morgan fingerprint density at radius 1 is 1.24 bits per heavy atom. The van der Waals surface area contributed by atoms with E-state index in [0.29, 0.717) is 5.56 Å². The highest BCUT2D eigenvalue weighted by atomic mass is 32.2. The monoisotopic (exact) mass is 418 g/mol. The number of nitrogens with zero attached hydrogens (tertiary/aromatic N) is 2. The minimum atomic E-state index is -3.91. The molecule has 29 heavy (non-hydrogen) atoms. The van der Waals surface area contributed by atoms with Crippen molar-refractivity contribution in [3.05, 3.63) is 63.7 Å². The summed E-state index contributed by atoms with van der Waals surface area (Å²) in [5, 5.41) is 16.2. The third-order valence-electron chi connectivity index (χ3n) is 4.40. The van der Waals surface area contributed by atoms with E-state index in [4.69, 9.17) is 0 Å². The molecule has 1 fully saturated rings. The first-order chi connectivity index (χ1) is 13.7. The fourth-order valence-electron chi connectivity index (χ4n) is 2.85. The second-order valence-corrected chi connectivity index (χ2v) is 8.37. The summed E-state index contributed by atoms with van der Waals surface area (Å²) in [6.45, 7) is 1.67. The molecule has 2 aromatic carbocycles. The van der Waals surface area contributed by atoms with Crippen molar-refractivity contribution < 1.29 is 22.9 Å². The Balaban J connectivity index is 1.83. The highest BCUT2D eigenvalue weighted by Crippen LogP contribution is 2.22. The number of amides is 2. The van der Waals surface area contributed by atoms with Crippen LogP contribution in [0.4, 0.5) is 11.4 Å². The van der Waals surface area contributed by atoms with E-state index in [2.05, 4.69) is 10.6 Å². The van der Waals surface area contributed by atoms with Crippen molar-refractivity contribution >= 4 is 33.2 Å². The number of sulfonamides is 1. The molecule has 0 bridgehead atoms. The van der Waals surface area contributed by atoms with E-state index in [1.807, 2.05) is 0 Å². The number of rotatable bonds is 5. The van der Waals surface area contributed by atoms with Crippen molar-refractivity contribution in [2.24, 2.45) is 0 Å². The summed E-state index contributed by atoms with van der Waals surface area (Å²) in [4.78, 5) is 34.4. The molecule has 2 amide bonds. The van der Waals surface area contributed by atoms with Crippen molar-refractivity contribution in [2.75, 3.05) is 25.0 Å². The Labute approximate surface area is 166 Å². The number of piperazine rings is 1. The van der Waals surface area contributed by atoms with E-state index in [0.717, 1.165) is 10.4 Å². The standard InChI is InChI=1S/C18H18N4O6S/c1-12-5-6-13(9-16(12)22(25)26)18(24)20-14-3-2-4-15(10-14)29(27,28)21-8-7-19-17(23)11-21/h2-6,9-10H,7-8,11H2,1H3,(H,19,23)(H,20,24). The summed E-state index contributed by atoms with van der Waals surface area (Å²) in [6, 6.07) is 9.70. The molecule has 0 aromatic heterocycles. The smallest absolute Gasteiger partial charge is 0.273 e. The first kappa shape index (κ1) is 20.4. The second-order valence-electron chi connectivity index (χ2n) is 6.43. The Kier molecular flexibility index (Phi) is 5.62. The minimum Gasteiger partial charge on any atom is -0.354 e. The number of hydrogen-bond acceptors (Lipinski definition) is 6. The Hall–Kier alpha value is -3.31. The molecule has 10 nitrogen and oxygen atoms in total. The van der Waals surface area contributed by atoms with Gasteiger partial charge in [0, 0.05) is 36.0 Å². The quantitative estimate of drug-likeness (QED) is 0.554. The van der Waals surface area contributed by atoms with E-state index in [1.165, 1.54) is 36.4 Å². The molecule has 1 aliphatic heterocycles. The van der Waals surface area contributed by atoms with Crippen LogP contribution in [0.5, 0.6) is 0 Å². The van der Waals surface area contributed by atoms with E-state index in [9.17, 15) is 28.1 Å². The largest absolute Gasteiger partial charge is 0.354 e. The first-order valence-electron chi connectivity index (χ1n) is 8.62. The van der Waals surface area contributed by atoms with Gasteiger partial charge in [-0.2, -0.15) is 4.31 Å². The summed E-state index contributed by atoms with van der Waals surface area (Å²) in [6.07, 6.45) is 0. The maximum absolute atomic E-state index is 12.8. The van der Waals surface area contributed by atoms with E-state index < -0.39 is 20.9 Å². The zero-order valence-corrected chi connectivity index (χ0v) is 16.2. The van der Waals surface area contributed by atoms with Gasteiger partial charge in [-0.05, 0) is 31.2 Å². The summed E-state index contributed by atoms with van der Waals surface area (Å²) in [5.41, 5.74) is 0.520. The van der Waals surface area contributed by atoms with Crippen LogP contribution in [0.2, 0.25) is 0 Å². The van der Waals surface area contributed by atoms with Gasteiger partial charge in [-0.1, -0.05) is 12.1 Å². The van der Waals surface area contributed by atoms with E-state index >= 15 is 0 Å². The van der Waals surface area contributed by atoms with Crippen molar-refractivity contribution in [3.63, 3.8) is 0 Å². The fraction of sp³-hybridized carbons (Fsp3) is 0.222.